The van der Waals surface area contributed by atoms with Crippen molar-refractivity contribution in [3.8, 4) is 10.7 Å². The van der Waals surface area contributed by atoms with Gasteiger partial charge in [0.25, 0.3) is 0 Å². The number of benzene rings is 1. The number of pyridine rings is 1. The van der Waals surface area contributed by atoms with Gasteiger partial charge in [-0.15, -0.1) is 11.3 Å². The summed E-state index contributed by atoms with van der Waals surface area (Å²) in [6, 6.07) is 10.2. The zero-order chi connectivity index (χ0) is 12.4. The molecular weight excluding hydrogens is 244 g/mol. The molecule has 0 aliphatic heterocycles. The summed E-state index contributed by atoms with van der Waals surface area (Å²) in [6.45, 7) is 0.543. The summed E-state index contributed by atoms with van der Waals surface area (Å²) in [5.41, 5.74) is 1.90. The molecule has 3 aromatic rings. The average molecular weight is 256 g/mol. The molecule has 4 heteroatoms. The van der Waals surface area contributed by atoms with Gasteiger partial charge < -0.3 is 4.74 Å². The first-order valence-electron chi connectivity index (χ1n) is 5.66. The van der Waals surface area contributed by atoms with Crippen LogP contribution in [0.3, 0.4) is 0 Å². The predicted molar refractivity (Wildman–Crippen MR) is 73.6 cm³/mol. The third kappa shape index (κ3) is 2.00. The van der Waals surface area contributed by atoms with Crippen LogP contribution in [-0.2, 0) is 11.3 Å². The number of rotatable bonds is 3. The number of ether oxygens (including phenoxy) is 1. The normalized spacial score (nSPS) is 10.9. The Morgan fingerprint density at radius 1 is 1.22 bits per heavy atom. The van der Waals surface area contributed by atoms with Gasteiger partial charge in [-0.3, -0.25) is 4.98 Å². The van der Waals surface area contributed by atoms with Crippen molar-refractivity contribution in [3.63, 3.8) is 0 Å². The standard InChI is InChI=1S/C14H12N2OS/c1-17-8-11-9-18-14(16-11)13-12-5-3-2-4-10(12)6-7-15-13/h2-7,9H,8H2,1H3. The van der Waals surface area contributed by atoms with Crippen LogP contribution in [0.5, 0.6) is 0 Å². The maximum atomic E-state index is 5.09. The molecule has 0 unspecified atom stereocenters. The molecule has 18 heavy (non-hydrogen) atoms. The zero-order valence-electron chi connectivity index (χ0n) is 9.96. The summed E-state index contributed by atoms with van der Waals surface area (Å²) in [5.74, 6) is 0. The van der Waals surface area contributed by atoms with E-state index in [9.17, 15) is 0 Å². The quantitative estimate of drug-likeness (QED) is 0.719. The van der Waals surface area contributed by atoms with Crippen LogP contribution in [0.1, 0.15) is 5.69 Å². The van der Waals surface area contributed by atoms with Crippen molar-refractivity contribution >= 4 is 22.1 Å². The Labute approximate surface area is 109 Å². The lowest BCUT2D eigenvalue weighted by atomic mass is 10.1. The predicted octanol–water partition coefficient (Wildman–Crippen LogP) is 3.50. The number of fused-ring (bicyclic) bond motifs is 1. The third-order valence-electron chi connectivity index (χ3n) is 2.72. The highest BCUT2D eigenvalue weighted by molar-refractivity contribution is 7.13. The topological polar surface area (TPSA) is 35.0 Å². The smallest absolute Gasteiger partial charge is 0.142 e. The van der Waals surface area contributed by atoms with Crippen LogP contribution < -0.4 is 0 Å². The van der Waals surface area contributed by atoms with E-state index in [1.807, 2.05) is 29.8 Å². The fourth-order valence-corrected chi connectivity index (χ4v) is 2.73. The van der Waals surface area contributed by atoms with Crippen molar-refractivity contribution in [3.05, 3.63) is 47.6 Å². The van der Waals surface area contributed by atoms with E-state index in [0.717, 1.165) is 21.8 Å². The first-order valence-corrected chi connectivity index (χ1v) is 6.54. The maximum absolute atomic E-state index is 5.09. The Morgan fingerprint density at radius 3 is 3.00 bits per heavy atom. The molecule has 3 nitrogen and oxygen atoms in total. The van der Waals surface area contributed by atoms with E-state index >= 15 is 0 Å². The first kappa shape index (κ1) is 11.3. The lowest BCUT2D eigenvalue weighted by Gasteiger charge is -2.01. The van der Waals surface area contributed by atoms with E-state index < -0.39 is 0 Å². The van der Waals surface area contributed by atoms with Crippen LogP contribution >= 0.6 is 11.3 Å². The molecule has 0 fully saturated rings. The molecule has 0 atom stereocenters. The van der Waals surface area contributed by atoms with Crippen LogP contribution in [0, 0.1) is 0 Å². The Balaban J connectivity index is 2.12. The van der Waals surface area contributed by atoms with Gasteiger partial charge in [0.2, 0.25) is 0 Å². The number of thiazole rings is 1. The molecule has 0 bridgehead atoms. The molecule has 0 saturated carbocycles. The summed E-state index contributed by atoms with van der Waals surface area (Å²) in [4.78, 5) is 9.01. The minimum atomic E-state index is 0.543. The summed E-state index contributed by atoms with van der Waals surface area (Å²) in [5, 5.41) is 5.28. The van der Waals surface area contributed by atoms with Crippen LogP contribution in [0.2, 0.25) is 0 Å². The van der Waals surface area contributed by atoms with Gasteiger partial charge in [0.05, 0.1) is 12.3 Å². The van der Waals surface area contributed by atoms with Gasteiger partial charge in [-0.2, -0.15) is 0 Å². The van der Waals surface area contributed by atoms with Crippen LogP contribution in [0.25, 0.3) is 21.5 Å². The van der Waals surface area contributed by atoms with Crippen molar-refractivity contribution < 1.29 is 4.74 Å². The van der Waals surface area contributed by atoms with E-state index in [2.05, 4.69) is 22.1 Å². The molecule has 2 heterocycles. The molecule has 2 aromatic heterocycles. The van der Waals surface area contributed by atoms with Gasteiger partial charge in [0.1, 0.15) is 10.7 Å². The molecule has 0 aliphatic carbocycles. The Morgan fingerprint density at radius 2 is 2.11 bits per heavy atom. The number of methoxy groups -OCH3 is 1. The molecule has 0 N–H and O–H groups in total. The van der Waals surface area contributed by atoms with Crippen molar-refractivity contribution in [2.75, 3.05) is 7.11 Å². The summed E-state index contributed by atoms with van der Waals surface area (Å²) in [7, 11) is 1.68. The van der Waals surface area contributed by atoms with E-state index in [1.165, 1.54) is 5.39 Å². The van der Waals surface area contributed by atoms with Gasteiger partial charge >= 0.3 is 0 Å². The lowest BCUT2D eigenvalue weighted by Crippen LogP contribution is -1.89. The van der Waals surface area contributed by atoms with E-state index in [1.54, 1.807) is 18.4 Å². The van der Waals surface area contributed by atoms with Crippen LogP contribution in [0.15, 0.2) is 41.9 Å². The van der Waals surface area contributed by atoms with Gasteiger partial charge in [-0.05, 0) is 11.5 Å². The van der Waals surface area contributed by atoms with Crippen molar-refractivity contribution in [1.82, 2.24) is 9.97 Å². The van der Waals surface area contributed by atoms with Crippen molar-refractivity contribution in [1.29, 1.82) is 0 Å². The molecule has 0 saturated heterocycles. The fourth-order valence-electron chi connectivity index (χ4n) is 1.92. The second-order valence-corrected chi connectivity index (χ2v) is 4.82. The second kappa shape index (κ2) is 4.84. The average Bonchev–Trinajstić information content (AvgIpc) is 2.87. The number of hydrogen-bond donors (Lipinski definition) is 0. The zero-order valence-corrected chi connectivity index (χ0v) is 10.8. The van der Waals surface area contributed by atoms with E-state index in [0.29, 0.717) is 6.61 Å². The highest BCUT2D eigenvalue weighted by atomic mass is 32.1. The minimum absolute atomic E-state index is 0.543. The minimum Gasteiger partial charge on any atom is -0.378 e. The summed E-state index contributed by atoms with van der Waals surface area (Å²) < 4.78 is 5.09. The third-order valence-corrected chi connectivity index (χ3v) is 3.62. The van der Waals surface area contributed by atoms with E-state index in [4.69, 9.17) is 4.74 Å². The van der Waals surface area contributed by atoms with Gasteiger partial charge in [0.15, 0.2) is 0 Å². The SMILES string of the molecule is COCc1csc(-c2nccc3ccccc23)n1. The molecule has 90 valence electrons. The van der Waals surface area contributed by atoms with Crippen LogP contribution in [-0.4, -0.2) is 17.1 Å². The monoisotopic (exact) mass is 256 g/mol. The maximum Gasteiger partial charge on any atom is 0.142 e. The Kier molecular flexibility index (Phi) is 3.04. The highest BCUT2D eigenvalue weighted by Crippen LogP contribution is 2.28. The summed E-state index contributed by atoms with van der Waals surface area (Å²) >= 11 is 1.60. The molecule has 0 amide bonds. The van der Waals surface area contributed by atoms with Gasteiger partial charge in [0, 0.05) is 24.1 Å². The van der Waals surface area contributed by atoms with Gasteiger partial charge in [-0.1, -0.05) is 24.3 Å². The van der Waals surface area contributed by atoms with E-state index in [-0.39, 0.29) is 0 Å². The van der Waals surface area contributed by atoms with Crippen molar-refractivity contribution in [2.24, 2.45) is 0 Å². The Bertz CT molecular complexity index is 673. The Hall–Kier alpha value is -1.78. The summed E-state index contributed by atoms with van der Waals surface area (Å²) in [6.07, 6.45) is 1.83. The first-order chi connectivity index (χ1) is 8.88. The van der Waals surface area contributed by atoms with Gasteiger partial charge in [-0.25, -0.2) is 4.98 Å². The molecular formula is C14H12N2OS. The largest absolute Gasteiger partial charge is 0.378 e. The number of nitrogens with zero attached hydrogens (tertiary/aromatic N) is 2. The molecule has 1 aromatic carbocycles. The molecule has 0 spiro atoms. The molecule has 3 rings (SSSR count). The van der Waals surface area contributed by atoms with Crippen LogP contribution in [0.4, 0.5) is 0 Å². The molecule has 0 radical (unpaired) electrons. The van der Waals surface area contributed by atoms with Crippen molar-refractivity contribution in [2.45, 2.75) is 6.61 Å². The lowest BCUT2D eigenvalue weighted by molar-refractivity contribution is 0.182. The fraction of sp³-hybridized carbons (Fsp3) is 0.143. The second-order valence-electron chi connectivity index (χ2n) is 3.96. The number of aromatic nitrogens is 2. The molecule has 0 aliphatic rings. The number of hydrogen-bond acceptors (Lipinski definition) is 4. The highest BCUT2D eigenvalue weighted by Gasteiger charge is 2.09.